The van der Waals surface area contributed by atoms with E-state index >= 15 is 0 Å². The Balaban J connectivity index is 2.44. The van der Waals surface area contributed by atoms with Gasteiger partial charge in [-0.3, -0.25) is 4.79 Å². The normalized spacial score (nSPS) is 20.6. The van der Waals surface area contributed by atoms with Crippen LogP contribution in [0.3, 0.4) is 0 Å². The van der Waals surface area contributed by atoms with Crippen molar-refractivity contribution >= 4 is 34.8 Å². The van der Waals surface area contributed by atoms with Crippen LogP contribution in [0.15, 0.2) is 0 Å². The van der Waals surface area contributed by atoms with E-state index in [-0.39, 0.29) is 29.3 Å². The van der Waals surface area contributed by atoms with Crippen LogP contribution < -0.4 is 4.90 Å². The number of halogens is 2. The topological polar surface area (TPSA) is 66.3 Å². The molecular formula is C9H9Cl2N3O2. The molecule has 1 unspecified atom stereocenters. The highest BCUT2D eigenvalue weighted by Gasteiger charge is 2.32. The molecule has 5 nitrogen and oxygen atoms in total. The van der Waals surface area contributed by atoms with Gasteiger partial charge in [0, 0.05) is 0 Å². The van der Waals surface area contributed by atoms with Crippen LogP contribution in [0.4, 0.5) is 5.69 Å². The van der Waals surface area contributed by atoms with Gasteiger partial charge in [0.05, 0.1) is 24.8 Å². The number of carbonyl (C=O) groups is 1. The molecule has 1 saturated heterocycles. The number of anilines is 1. The number of aromatic nitrogens is 2. The summed E-state index contributed by atoms with van der Waals surface area (Å²) in [5.74, 6) is -0.191. The first-order valence-corrected chi connectivity index (χ1v) is 5.42. The molecule has 0 spiro atoms. The maximum absolute atomic E-state index is 11.6. The lowest BCUT2D eigenvalue weighted by Crippen LogP contribution is -2.27. The third-order valence-corrected chi connectivity index (χ3v) is 2.80. The number of amides is 1. The van der Waals surface area contributed by atoms with E-state index in [1.165, 1.54) is 4.90 Å². The Morgan fingerprint density at radius 2 is 2.12 bits per heavy atom. The van der Waals surface area contributed by atoms with Crippen molar-refractivity contribution in [2.24, 2.45) is 0 Å². The zero-order chi connectivity index (χ0) is 11.9. The van der Waals surface area contributed by atoms with Crippen LogP contribution in [-0.4, -0.2) is 33.6 Å². The molecule has 0 aliphatic carbocycles. The Labute approximate surface area is 102 Å². The third kappa shape index (κ3) is 1.98. The Morgan fingerprint density at radius 1 is 1.44 bits per heavy atom. The largest absolute Gasteiger partial charge is 0.391 e. The molecule has 0 bridgehead atoms. The number of hydrogen-bond acceptors (Lipinski definition) is 4. The van der Waals surface area contributed by atoms with Crippen molar-refractivity contribution in [1.29, 1.82) is 0 Å². The van der Waals surface area contributed by atoms with Crippen LogP contribution in [0.1, 0.15) is 12.1 Å². The summed E-state index contributed by atoms with van der Waals surface area (Å²) in [5.41, 5.74) is 0.945. The number of aliphatic hydroxyl groups is 1. The standard InChI is InChI=1S/C9H9Cl2N3O2/c1-4-7(8(10)13-9(11)12-4)14-3-5(15)2-6(14)16/h5,15H,2-3H2,1H3. The second kappa shape index (κ2) is 4.16. The van der Waals surface area contributed by atoms with Gasteiger partial charge in [0.1, 0.15) is 5.69 Å². The highest BCUT2D eigenvalue weighted by Crippen LogP contribution is 2.31. The fourth-order valence-electron chi connectivity index (χ4n) is 1.71. The van der Waals surface area contributed by atoms with Gasteiger partial charge in [-0.1, -0.05) is 11.6 Å². The molecule has 1 aliphatic rings. The van der Waals surface area contributed by atoms with E-state index in [1.54, 1.807) is 6.92 Å². The lowest BCUT2D eigenvalue weighted by molar-refractivity contribution is -0.117. The van der Waals surface area contributed by atoms with E-state index in [0.29, 0.717) is 11.4 Å². The van der Waals surface area contributed by atoms with Gasteiger partial charge < -0.3 is 10.0 Å². The van der Waals surface area contributed by atoms with Gasteiger partial charge in [0.2, 0.25) is 11.2 Å². The van der Waals surface area contributed by atoms with Crippen molar-refractivity contribution in [1.82, 2.24) is 9.97 Å². The number of carbonyl (C=O) groups excluding carboxylic acids is 1. The average molecular weight is 262 g/mol. The molecule has 1 aromatic rings. The number of aliphatic hydroxyl groups excluding tert-OH is 1. The zero-order valence-electron chi connectivity index (χ0n) is 8.44. The van der Waals surface area contributed by atoms with Crippen LogP contribution in [0.25, 0.3) is 0 Å². The highest BCUT2D eigenvalue weighted by molar-refractivity contribution is 6.34. The number of hydrogen-bond donors (Lipinski definition) is 1. The SMILES string of the molecule is Cc1nc(Cl)nc(Cl)c1N1CC(O)CC1=O. The molecule has 16 heavy (non-hydrogen) atoms. The van der Waals surface area contributed by atoms with Gasteiger partial charge in [0.15, 0.2) is 5.15 Å². The Morgan fingerprint density at radius 3 is 2.62 bits per heavy atom. The van der Waals surface area contributed by atoms with Crippen molar-refractivity contribution in [3.05, 3.63) is 16.1 Å². The molecule has 0 radical (unpaired) electrons. The van der Waals surface area contributed by atoms with Gasteiger partial charge in [-0.25, -0.2) is 9.97 Å². The van der Waals surface area contributed by atoms with Gasteiger partial charge in [-0.15, -0.1) is 0 Å². The summed E-state index contributed by atoms with van der Waals surface area (Å²) in [6, 6.07) is 0. The maximum atomic E-state index is 11.6. The number of nitrogens with zero attached hydrogens (tertiary/aromatic N) is 3. The smallest absolute Gasteiger partial charge is 0.229 e. The predicted octanol–water partition coefficient (Wildman–Crippen LogP) is 1.19. The minimum atomic E-state index is -0.668. The van der Waals surface area contributed by atoms with Crippen molar-refractivity contribution in [2.75, 3.05) is 11.4 Å². The summed E-state index contributed by atoms with van der Waals surface area (Å²) < 4.78 is 0. The molecule has 0 saturated carbocycles. The molecule has 2 rings (SSSR count). The first kappa shape index (κ1) is 11.6. The zero-order valence-corrected chi connectivity index (χ0v) is 9.96. The summed E-state index contributed by atoms with van der Waals surface area (Å²) >= 11 is 11.6. The minimum absolute atomic E-state index is 0.0402. The van der Waals surface area contributed by atoms with Crippen molar-refractivity contribution in [3.63, 3.8) is 0 Å². The second-order valence-corrected chi connectivity index (χ2v) is 4.28. The van der Waals surface area contributed by atoms with E-state index in [0.717, 1.165) is 0 Å². The lowest BCUT2D eigenvalue weighted by atomic mass is 10.3. The maximum Gasteiger partial charge on any atom is 0.229 e. The van der Waals surface area contributed by atoms with Gasteiger partial charge in [-0.05, 0) is 18.5 Å². The van der Waals surface area contributed by atoms with Crippen molar-refractivity contribution in [2.45, 2.75) is 19.4 Å². The summed E-state index contributed by atoms with van der Waals surface area (Å²) in [4.78, 5) is 20.7. The van der Waals surface area contributed by atoms with E-state index in [4.69, 9.17) is 23.2 Å². The van der Waals surface area contributed by atoms with Crippen LogP contribution in [0.2, 0.25) is 10.4 Å². The molecule has 1 aromatic heterocycles. The van der Waals surface area contributed by atoms with Crippen molar-refractivity contribution in [3.8, 4) is 0 Å². The molecule has 86 valence electrons. The van der Waals surface area contributed by atoms with Crippen molar-refractivity contribution < 1.29 is 9.90 Å². The van der Waals surface area contributed by atoms with Crippen LogP contribution >= 0.6 is 23.2 Å². The summed E-state index contributed by atoms with van der Waals surface area (Å²) in [5, 5.41) is 9.56. The monoisotopic (exact) mass is 261 g/mol. The average Bonchev–Trinajstić information content (AvgIpc) is 2.43. The fourth-order valence-corrected chi connectivity index (χ4v) is 2.28. The Bertz CT molecular complexity index is 429. The Hall–Kier alpha value is -0.910. The molecule has 1 aliphatic heterocycles. The van der Waals surface area contributed by atoms with Crippen LogP contribution in [-0.2, 0) is 4.79 Å². The summed E-state index contributed by atoms with van der Waals surface area (Å²) in [6.07, 6.45) is -0.572. The number of β-amino-alcohol motifs (C(OH)–C–C–N with tert-alkyl or cyclic N) is 1. The lowest BCUT2D eigenvalue weighted by Gasteiger charge is -2.18. The molecule has 1 atom stereocenters. The first-order chi connectivity index (χ1) is 7.49. The fraction of sp³-hybridized carbons (Fsp3) is 0.444. The number of rotatable bonds is 1. The van der Waals surface area contributed by atoms with E-state index in [1.807, 2.05) is 0 Å². The molecular weight excluding hydrogens is 253 g/mol. The molecule has 0 aromatic carbocycles. The Kier molecular flexibility index (Phi) is 3.01. The molecule has 1 amide bonds. The van der Waals surface area contributed by atoms with E-state index < -0.39 is 6.10 Å². The molecule has 1 fully saturated rings. The summed E-state index contributed by atoms with van der Waals surface area (Å²) in [6.45, 7) is 1.90. The first-order valence-electron chi connectivity index (χ1n) is 4.67. The minimum Gasteiger partial charge on any atom is -0.391 e. The number of aryl methyl sites for hydroxylation is 1. The molecule has 7 heteroatoms. The van der Waals surface area contributed by atoms with Gasteiger partial charge >= 0.3 is 0 Å². The molecule has 1 N–H and O–H groups in total. The van der Waals surface area contributed by atoms with E-state index in [9.17, 15) is 9.90 Å². The second-order valence-electron chi connectivity index (χ2n) is 3.58. The third-order valence-electron chi connectivity index (χ3n) is 2.36. The highest BCUT2D eigenvalue weighted by atomic mass is 35.5. The van der Waals surface area contributed by atoms with Gasteiger partial charge in [-0.2, -0.15) is 0 Å². The summed E-state index contributed by atoms with van der Waals surface area (Å²) in [7, 11) is 0. The van der Waals surface area contributed by atoms with Crippen LogP contribution in [0, 0.1) is 6.92 Å². The van der Waals surface area contributed by atoms with Crippen LogP contribution in [0.5, 0.6) is 0 Å². The van der Waals surface area contributed by atoms with Gasteiger partial charge in [0.25, 0.3) is 0 Å². The van der Waals surface area contributed by atoms with E-state index in [2.05, 4.69) is 9.97 Å². The quantitative estimate of drug-likeness (QED) is 0.609. The predicted molar refractivity (Wildman–Crippen MR) is 59.8 cm³/mol. The molecule has 2 heterocycles.